The number of rotatable bonds is 8. The first kappa shape index (κ1) is 40.0. The second kappa shape index (κ2) is 16.3. The maximum atomic E-state index is 6.86. The van der Waals surface area contributed by atoms with Gasteiger partial charge in [-0.3, -0.25) is 0 Å². The fraction of sp³-hybridized carbons (Fsp3) is 0.0303. The number of nitrogens with zero attached hydrogens (tertiary/aromatic N) is 2. The maximum absolute atomic E-state index is 6.86. The van der Waals surface area contributed by atoms with Crippen molar-refractivity contribution in [1.29, 1.82) is 0 Å². The quantitative estimate of drug-likeness (QED) is 0.152. The molecule has 330 valence electrons. The predicted octanol–water partition coefficient (Wildman–Crippen LogP) is 17.3. The van der Waals surface area contributed by atoms with Gasteiger partial charge in [0.25, 0.3) is 0 Å². The Hall–Kier alpha value is -9.12. The first-order valence-corrected chi connectivity index (χ1v) is 24.1. The lowest BCUT2D eigenvalue weighted by Crippen LogP contribution is -2.19. The molecular formula is C66H44N2O2. The molecule has 0 bridgehead atoms. The van der Waals surface area contributed by atoms with Crippen LogP contribution in [0.5, 0.6) is 0 Å². The van der Waals surface area contributed by atoms with E-state index in [0.29, 0.717) is 6.42 Å². The third-order valence-electron chi connectivity index (χ3n) is 14.3. The third-order valence-corrected chi connectivity index (χ3v) is 14.3. The minimum atomic E-state index is 0.682. The molecule has 0 N–H and O–H groups in total. The molecule has 0 amide bonds. The highest BCUT2D eigenvalue weighted by Gasteiger charge is 2.28. The molecule has 70 heavy (non-hydrogen) atoms. The van der Waals surface area contributed by atoms with Gasteiger partial charge in [-0.15, -0.1) is 0 Å². The second-order valence-corrected chi connectivity index (χ2v) is 18.2. The SMILES string of the molecule is C1=CCC=C(c2ccccc2)C(N(c2ccc3ccc4c5c(ccc2c35)=CC=C(N(c2ccccc2-c2ccccc2)c2cccc3c2oc2ccccc23)C4)c2cccc3c2oc2ccccc23)=C1. The normalized spacial score (nSPS) is 13.6. The lowest BCUT2D eigenvalue weighted by atomic mass is 9.92. The molecule has 0 fully saturated rings. The number of anilines is 4. The van der Waals surface area contributed by atoms with E-state index in [1.165, 1.54) is 43.5 Å². The van der Waals surface area contributed by atoms with Gasteiger partial charge in [-0.25, -0.2) is 0 Å². The average Bonchev–Trinajstić information content (AvgIpc) is 3.82. The summed E-state index contributed by atoms with van der Waals surface area (Å²) >= 11 is 0. The first-order chi connectivity index (χ1) is 34.7. The van der Waals surface area contributed by atoms with E-state index in [9.17, 15) is 0 Å². The molecule has 2 aromatic heterocycles. The number of fused-ring (bicyclic) bond motifs is 6. The van der Waals surface area contributed by atoms with Gasteiger partial charge < -0.3 is 18.6 Å². The molecule has 0 aliphatic heterocycles. The number of furan rings is 2. The fourth-order valence-corrected chi connectivity index (χ4v) is 11.2. The van der Waals surface area contributed by atoms with Crippen LogP contribution in [0.2, 0.25) is 0 Å². The van der Waals surface area contributed by atoms with Gasteiger partial charge in [-0.05, 0) is 93.0 Å². The van der Waals surface area contributed by atoms with Crippen molar-refractivity contribution in [2.75, 3.05) is 9.80 Å². The molecule has 0 spiro atoms. The Balaban J connectivity index is 0.986. The Labute approximate surface area is 404 Å². The molecule has 0 unspecified atom stereocenters. The van der Waals surface area contributed by atoms with Gasteiger partial charge in [0.1, 0.15) is 11.2 Å². The van der Waals surface area contributed by atoms with E-state index in [2.05, 4.69) is 240 Å². The molecule has 4 heteroatoms. The van der Waals surface area contributed by atoms with Crippen molar-refractivity contribution in [3.63, 3.8) is 0 Å². The van der Waals surface area contributed by atoms with Crippen LogP contribution >= 0.6 is 0 Å². The Morgan fingerprint density at radius 2 is 1.01 bits per heavy atom. The van der Waals surface area contributed by atoms with Gasteiger partial charge in [0, 0.05) is 50.2 Å². The van der Waals surface area contributed by atoms with E-state index >= 15 is 0 Å². The lowest BCUT2D eigenvalue weighted by Gasteiger charge is -2.31. The monoisotopic (exact) mass is 896 g/mol. The molecule has 0 radical (unpaired) electrons. The molecule has 2 aliphatic carbocycles. The van der Waals surface area contributed by atoms with Crippen molar-refractivity contribution in [1.82, 2.24) is 0 Å². The van der Waals surface area contributed by atoms with E-state index in [-0.39, 0.29) is 0 Å². The van der Waals surface area contributed by atoms with Crippen LogP contribution in [-0.4, -0.2) is 0 Å². The first-order valence-electron chi connectivity index (χ1n) is 24.1. The van der Waals surface area contributed by atoms with Crippen LogP contribution in [0.15, 0.2) is 257 Å². The third kappa shape index (κ3) is 6.38. The summed E-state index contributed by atoms with van der Waals surface area (Å²) in [5.74, 6) is 0. The summed E-state index contributed by atoms with van der Waals surface area (Å²) < 4.78 is 13.7. The van der Waals surface area contributed by atoms with Crippen LogP contribution in [0.3, 0.4) is 0 Å². The van der Waals surface area contributed by atoms with Crippen LogP contribution in [0, 0.1) is 0 Å². The van der Waals surface area contributed by atoms with Crippen LogP contribution in [0.4, 0.5) is 22.7 Å². The number of allylic oxidation sites excluding steroid dienone is 7. The van der Waals surface area contributed by atoms with Gasteiger partial charge in [0.15, 0.2) is 11.2 Å². The van der Waals surface area contributed by atoms with Gasteiger partial charge in [-0.1, -0.05) is 194 Å². The minimum Gasteiger partial charge on any atom is -0.454 e. The Morgan fingerprint density at radius 3 is 1.76 bits per heavy atom. The lowest BCUT2D eigenvalue weighted by molar-refractivity contribution is 0.668. The van der Waals surface area contributed by atoms with Crippen molar-refractivity contribution in [2.45, 2.75) is 12.8 Å². The van der Waals surface area contributed by atoms with Crippen LogP contribution in [0.25, 0.3) is 88.2 Å². The highest BCUT2D eigenvalue weighted by atomic mass is 16.3. The summed E-state index contributed by atoms with van der Waals surface area (Å²) in [6.45, 7) is 0. The van der Waals surface area contributed by atoms with Gasteiger partial charge >= 0.3 is 0 Å². The highest BCUT2D eigenvalue weighted by molar-refractivity contribution is 6.19. The zero-order valence-corrected chi connectivity index (χ0v) is 38.2. The van der Waals surface area contributed by atoms with Crippen LogP contribution in [-0.2, 0) is 6.42 Å². The minimum absolute atomic E-state index is 0.682. The van der Waals surface area contributed by atoms with Crippen LogP contribution in [0.1, 0.15) is 17.5 Å². The van der Waals surface area contributed by atoms with Gasteiger partial charge in [-0.2, -0.15) is 0 Å². The smallest absolute Gasteiger partial charge is 0.159 e. The van der Waals surface area contributed by atoms with E-state index < -0.39 is 0 Å². The van der Waals surface area contributed by atoms with Crippen molar-refractivity contribution >= 4 is 99.8 Å². The Kier molecular flexibility index (Phi) is 9.31. The molecule has 12 aromatic rings. The summed E-state index contributed by atoms with van der Waals surface area (Å²) in [6, 6.07) is 74.0. The summed E-state index contributed by atoms with van der Waals surface area (Å²) in [5.41, 5.74) is 15.7. The van der Waals surface area contributed by atoms with E-state index in [1.807, 2.05) is 12.1 Å². The zero-order valence-electron chi connectivity index (χ0n) is 38.2. The molecular weight excluding hydrogens is 853 g/mol. The van der Waals surface area contributed by atoms with E-state index in [4.69, 9.17) is 8.83 Å². The van der Waals surface area contributed by atoms with Crippen LogP contribution < -0.4 is 15.0 Å². The van der Waals surface area contributed by atoms with Gasteiger partial charge in [0.2, 0.25) is 0 Å². The van der Waals surface area contributed by atoms with Crippen molar-refractivity contribution in [3.05, 3.63) is 264 Å². The summed E-state index contributed by atoms with van der Waals surface area (Å²) in [7, 11) is 0. The van der Waals surface area contributed by atoms with Crippen molar-refractivity contribution < 1.29 is 8.83 Å². The molecule has 4 nitrogen and oxygen atoms in total. The molecule has 14 rings (SSSR count). The fourth-order valence-electron chi connectivity index (χ4n) is 11.2. The molecule has 2 heterocycles. The zero-order chi connectivity index (χ0) is 46.1. The highest BCUT2D eigenvalue weighted by Crippen LogP contribution is 2.48. The molecule has 2 aliphatic rings. The predicted molar refractivity (Wildman–Crippen MR) is 293 cm³/mol. The number of para-hydroxylation sites is 5. The molecule has 0 saturated carbocycles. The number of benzene rings is 10. The van der Waals surface area contributed by atoms with Crippen molar-refractivity contribution in [3.8, 4) is 11.1 Å². The van der Waals surface area contributed by atoms with Crippen molar-refractivity contribution in [2.24, 2.45) is 0 Å². The van der Waals surface area contributed by atoms with Gasteiger partial charge in [0.05, 0.1) is 28.4 Å². The average molecular weight is 897 g/mol. The standard InChI is InChI=1S/C66H44N2O2/c1-4-18-43(19-5-1)49-23-10-13-29-56(49)67(59-30-16-26-53-51-24-11-14-32-61(51)69-65(53)59)48-39-36-45-37-40-55-58(41-38-46-34-35-47(42-48)63(45)64(46)55)68(57-28-9-3-8-22-50(57)44-20-6-2-7-21-44)60-31-17-27-54-52-25-12-15-33-62(52)70-66(54)60/h1-7,9-41H,8,42H2. The van der Waals surface area contributed by atoms with E-state index in [1.54, 1.807) is 0 Å². The summed E-state index contributed by atoms with van der Waals surface area (Å²) in [6.07, 6.45) is 15.2. The maximum Gasteiger partial charge on any atom is 0.159 e. The molecule has 0 saturated heterocycles. The second-order valence-electron chi connectivity index (χ2n) is 18.2. The Bertz CT molecular complexity index is 4240. The summed E-state index contributed by atoms with van der Waals surface area (Å²) in [4.78, 5) is 4.89. The topological polar surface area (TPSA) is 32.8 Å². The Morgan fingerprint density at radius 1 is 0.400 bits per heavy atom. The molecule has 10 aromatic carbocycles. The van der Waals surface area contributed by atoms with E-state index in [0.717, 1.165) is 95.6 Å². The number of hydrogen-bond acceptors (Lipinski definition) is 4. The molecule has 0 atom stereocenters. The largest absolute Gasteiger partial charge is 0.454 e. The summed E-state index contributed by atoms with van der Waals surface area (Å²) in [5, 5.41) is 10.5. The number of hydrogen-bond donors (Lipinski definition) is 0.